The lowest BCUT2D eigenvalue weighted by atomic mass is 10.4. The van der Waals surface area contributed by atoms with Crippen LogP contribution >= 0.6 is 22.9 Å². The standard InChI is InChI=1S/C6H5ClN2OS/c7-5(3-8)4-9-1-2-11-6(9)10/h1-2,5H,4H2. The maximum Gasteiger partial charge on any atom is 0.307 e. The zero-order valence-electron chi connectivity index (χ0n) is 5.53. The van der Waals surface area contributed by atoms with Gasteiger partial charge in [0.1, 0.15) is 5.38 Å². The summed E-state index contributed by atoms with van der Waals surface area (Å²) in [5, 5.41) is 9.38. The van der Waals surface area contributed by atoms with Crippen LogP contribution in [0.2, 0.25) is 0 Å². The lowest BCUT2D eigenvalue weighted by Crippen LogP contribution is -2.17. The number of halogens is 1. The van der Waals surface area contributed by atoms with Gasteiger partial charge in [-0.05, 0) is 0 Å². The Morgan fingerprint density at radius 1 is 1.91 bits per heavy atom. The van der Waals surface area contributed by atoms with Crippen LogP contribution in [0.4, 0.5) is 0 Å². The van der Waals surface area contributed by atoms with Gasteiger partial charge in [-0.15, -0.1) is 11.6 Å². The van der Waals surface area contributed by atoms with Crippen LogP contribution in [-0.4, -0.2) is 9.94 Å². The highest BCUT2D eigenvalue weighted by Gasteiger charge is 2.04. The minimum Gasteiger partial charge on any atom is -0.303 e. The van der Waals surface area contributed by atoms with Crippen molar-refractivity contribution in [1.29, 1.82) is 5.26 Å². The van der Waals surface area contributed by atoms with Gasteiger partial charge in [0, 0.05) is 11.6 Å². The highest BCUT2D eigenvalue weighted by atomic mass is 35.5. The van der Waals surface area contributed by atoms with E-state index in [4.69, 9.17) is 16.9 Å². The highest BCUT2D eigenvalue weighted by molar-refractivity contribution is 7.07. The lowest BCUT2D eigenvalue weighted by molar-refractivity contribution is 0.709. The molecule has 0 spiro atoms. The molecule has 1 heterocycles. The van der Waals surface area contributed by atoms with Crippen LogP contribution in [-0.2, 0) is 6.54 Å². The zero-order chi connectivity index (χ0) is 8.27. The van der Waals surface area contributed by atoms with Crippen LogP contribution in [0.15, 0.2) is 16.4 Å². The van der Waals surface area contributed by atoms with Crippen LogP contribution < -0.4 is 4.87 Å². The summed E-state index contributed by atoms with van der Waals surface area (Å²) >= 11 is 6.61. The summed E-state index contributed by atoms with van der Waals surface area (Å²) in [6.07, 6.45) is 1.62. The first kappa shape index (κ1) is 8.31. The Bertz CT molecular complexity index is 324. The molecular weight excluding hydrogens is 184 g/mol. The number of alkyl halides is 1. The Morgan fingerprint density at radius 3 is 3.09 bits per heavy atom. The monoisotopic (exact) mass is 188 g/mol. The molecule has 1 unspecified atom stereocenters. The number of rotatable bonds is 2. The van der Waals surface area contributed by atoms with E-state index in [9.17, 15) is 4.79 Å². The summed E-state index contributed by atoms with van der Waals surface area (Å²) in [6, 6.07) is 1.84. The van der Waals surface area contributed by atoms with Crippen LogP contribution in [0.5, 0.6) is 0 Å². The van der Waals surface area contributed by atoms with Crippen LogP contribution in [0, 0.1) is 11.3 Å². The fourth-order valence-electron chi connectivity index (χ4n) is 0.640. The van der Waals surface area contributed by atoms with E-state index in [1.807, 2.05) is 6.07 Å². The molecule has 5 heteroatoms. The molecule has 0 N–H and O–H groups in total. The molecule has 0 saturated heterocycles. The summed E-state index contributed by atoms with van der Waals surface area (Å²) in [6.45, 7) is 0.264. The summed E-state index contributed by atoms with van der Waals surface area (Å²) < 4.78 is 1.42. The third-order valence-corrected chi connectivity index (χ3v) is 2.07. The maximum absolute atomic E-state index is 10.9. The normalized spacial score (nSPS) is 12.4. The molecule has 0 aromatic carbocycles. The van der Waals surface area contributed by atoms with Gasteiger partial charge >= 0.3 is 4.87 Å². The molecule has 11 heavy (non-hydrogen) atoms. The molecule has 0 aliphatic rings. The van der Waals surface area contributed by atoms with Crippen molar-refractivity contribution >= 4 is 22.9 Å². The molecule has 58 valence electrons. The molecule has 0 radical (unpaired) electrons. The summed E-state index contributed by atoms with van der Waals surface area (Å²) in [7, 11) is 0. The van der Waals surface area contributed by atoms with Gasteiger partial charge in [-0.1, -0.05) is 11.3 Å². The van der Waals surface area contributed by atoms with E-state index >= 15 is 0 Å². The second-order valence-corrected chi connectivity index (χ2v) is 3.30. The van der Waals surface area contributed by atoms with Crippen molar-refractivity contribution < 1.29 is 0 Å². The molecule has 0 aliphatic carbocycles. The smallest absolute Gasteiger partial charge is 0.303 e. The number of nitrogens with zero attached hydrogens (tertiary/aromatic N) is 2. The fourth-order valence-corrected chi connectivity index (χ4v) is 1.38. The van der Waals surface area contributed by atoms with E-state index in [0.717, 1.165) is 11.3 Å². The number of nitriles is 1. The van der Waals surface area contributed by atoms with Crippen molar-refractivity contribution in [1.82, 2.24) is 4.57 Å². The van der Waals surface area contributed by atoms with E-state index in [1.54, 1.807) is 11.6 Å². The highest BCUT2D eigenvalue weighted by Crippen LogP contribution is 1.98. The molecule has 3 nitrogen and oxygen atoms in total. The molecule has 1 rings (SSSR count). The third kappa shape index (κ3) is 2.07. The van der Waals surface area contributed by atoms with E-state index in [0.29, 0.717) is 0 Å². The minimum absolute atomic E-state index is 0.0779. The average molecular weight is 189 g/mol. The van der Waals surface area contributed by atoms with Gasteiger partial charge < -0.3 is 4.57 Å². The van der Waals surface area contributed by atoms with Crippen molar-refractivity contribution in [3.63, 3.8) is 0 Å². The molecule has 1 atom stereocenters. The molecule has 1 aromatic rings. The molecule has 0 fully saturated rings. The Balaban J connectivity index is 2.74. The number of hydrogen-bond acceptors (Lipinski definition) is 3. The quantitative estimate of drug-likeness (QED) is 0.651. The van der Waals surface area contributed by atoms with E-state index < -0.39 is 5.38 Å². The molecule has 0 saturated carbocycles. The summed E-state index contributed by atoms with van der Waals surface area (Å²) in [4.78, 5) is 10.8. The predicted molar refractivity (Wildman–Crippen MR) is 43.8 cm³/mol. The van der Waals surface area contributed by atoms with Crippen molar-refractivity contribution in [3.05, 3.63) is 21.2 Å². The zero-order valence-corrected chi connectivity index (χ0v) is 7.10. The van der Waals surface area contributed by atoms with Crippen molar-refractivity contribution in [2.75, 3.05) is 0 Å². The first-order valence-electron chi connectivity index (χ1n) is 2.91. The second-order valence-electron chi connectivity index (χ2n) is 1.92. The van der Waals surface area contributed by atoms with Gasteiger partial charge in [0.15, 0.2) is 0 Å². The molecule has 0 aliphatic heterocycles. The minimum atomic E-state index is -0.623. The van der Waals surface area contributed by atoms with Gasteiger partial charge in [0.2, 0.25) is 0 Å². The van der Waals surface area contributed by atoms with Gasteiger partial charge in [-0.2, -0.15) is 5.26 Å². The summed E-state index contributed by atoms with van der Waals surface area (Å²) in [5.74, 6) is 0. The first-order valence-corrected chi connectivity index (χ1v) is 4.23. The van der Waals surface area contributed by atoms with Gasteiger partial charge in [-0.3, -0.25) is 4.79 Å². The Hall–Kier alpha value is -0.790. The van der Waals surface area contributed by atoms with Gasteiger partial charge in [0.25, 0.3) is 0 Å². The SMILES string of the molecule is N#CC(Cl)Cn1ccsc1=O. The van der Waals surface area contributed by atoms with Gasteiger partial charge in [-0.25, -0.2) is 0 Å². The van der Waals surface area contributed by atoms with Crippen molar-refractivity contribution in [2.24, 2.45) is 0 Å². The summed E-state index contributed by atoms with van der Waals surface area (Å²) in [5.41, 5.74) is 0. The number of thiazole rings is 1. The molecule has 0 amide bonds. The molecular formula is C6H5ClN2OS. The van der Waals surface area contributed by atoms with Crippen LogP contribution in [0.3, 0.4) is 0 Å². The Morgan fingerprint density at radius 2 is 2.64 bits per heavy atom. The van der Waals surface area contributed by atoms with Crippen molar-refractivity contribution in [3.8, 4) is 6.07 Å². The van der Waals surface area contributed by atoms with Gasteiger partial charge in [0.05, 0.1) is 12.6 Å². The van der Waals surface area contributed by atoms with E-state index in [-0.39, 0.29) is 11.4 Å². The molecule has 1 aromatic heterocycles. The topological polar surface area (TPSA) is 45.8 Å². The Labute approximate surface area is 72.5 Å². The van der Waals surface area contributed by atoms with Crippen LogP contribution in [0.1, 0.15) is 0 Å². The third-order valence-electron chi connectivity index (χ3n) is 1.14. The molecule has 0 bridgehead atoms. The predicted octanol–water partition coefficient (Wildman–Crippen LogP) is 1.04. The maximum atomic E-state index is 10.9. The van der Waals surface area contributed by atoms with E-state index in [2.05, 4.69) is 0 Å². The fraction of sp³-hybridized carbons (Fsp3) is 0.333. The van der Waals surface area contributed by atoms with Crippen molar-refractivity contribution in [2.45, 2.75) is 11.9 Å². The number of aromatic nitrogens is 1. The Kier molecular flexibility index (Phi) is 2.69. The van der Waals surface area contributed by atoms with Crippen LogP contribution in [0.25, 0.3) is 0 Å². The largest absolute Gasteiger partial charge is 0.307 e. The lowest BCUT2D eigenvalue weighted by Gasteiger charge is -1.98. The number of hydrogen-bond donors (Lipinski definition) is 0. The first-order chi connectivity index (χ1) is 5.24. The second kappa shape index (κ2) is 3.56. The van der Waals surface area contributed by atoms with E-state index in [1.165, 1.54) is 4.57 Å². The average Bonchev–Trinajstić information content (AvgIpc) is 2.37.